The number of benzene rings is 1. The van der Waals surface area contributed by atoms with Gasteiger partial charge >= 0.3 is 0 Å². The van der Waals surface area contributed by atoms with Crippen LogP contribution in [0.1, 0.15) is 51.5 Å². The fourth-order valence-electron chi connectivity index (χ4n) is 2.78. The Morgan fingerprint density at radius 3 is 2.50 bits per heavy atom. The lowest BCUT2D eigenvalue weighted by Gasteiger charge is -2.26. The molecule has 1 N–H and O–H groups in total. The van der Waals surface area contributed by atoms with Crippen molar-refractivity contribution < 1.29 is 13.2 Å². The number of anilines is 1. The zero-order chi connectivity index (χ0) is 17.7. The van der Waals surface area contributed by atoms with Crippen molar-refractivity contribution in [2.75, 3.05) is 18.4 Å². The molecular formula is C18H28N2O3S. The van der Waals surface area contributed by atoms with Gasteiger partial charge < -0.3 is 5.32 Å². The molecule has 1 amide bonds. The van der Waals surface area contributed by atoms with Gasteiger partial charge in [-0.3, -0.25) is 4.79 Å². The quantitative estimate of drug-likeness (QED) is 0.851. The summed E-state index contributed by atoms with van der Waals surface area (Å²) in [6.45, 7) is 7.17. The minimum Gasteiger partial charge on any atom is -0.326 e. The Bertz CT molecular complexity index is 678. The minimum absolute atomic E-state index is 0.0701. The molecule has 0 saturated carbocycles. The maximum absolute atomic E-state index is 12.8. The number of nitrogens with one attached hydrogen (secondary N) is 1. The Hall–Kier alpha value is -1.40. The van der Waals surface area contributed by atoms with Gasteiger partial charge in [0.25, 0.3) is 0 Å². The highest BCUT2D eigenvalue weighted by atomic mass is 32.2. The van der Waals surface area contributed by atoms with E-state index in [1.54, 1.807) is 22.5 Å². The summed E-state index contributed by atoms with van der Waals surface area (Å²) in [4.78, 5) is 12.3. The second kappa shape index (κ2) is 8.12. The summed E-state index contributed by atoms with van der Waals surface area (Å²) in [5.74, 6) is 0.391. The molecule has 1 aliphatic rings. The summed E-state index contributed by atoms with van der Waals surface area (Å²) >= 11 is 0. The van der Waals surface area contributed by atoms with Gasteiger partial charge in [-0.25, -0.2) is 8.42 Å². The number of hydrogen-bond donors (Lipinski definition) is 1. The maximum Gasteiger partial charge on any atom is 0.243 e. The van der Waals surface area contributed by atoms with Crippen molar-refractivity contribution in [3.63, 3.8) is 0 Å². The zero-order valence-electron chi connectivity index (χ0n) is 14.8. The molecule has 1 aromatic rings. The fraction of sp³-hybridized carbons (Fsp3) is 0.611. The Morgan fingerprint density at radius 2 is 1.88 bits per heavy atom. The van der Waals surface area contributed by atoms with Crippen LogP contribution in [-0.2, 0) is 14.8 Å². The third kappa shape index (κ3) is 4.80. The first kappa shape index (κ1) is 18.9. The van der Waals surface area contributed by atoms with E-state index >= 15 is 0 Å². The average molecular weight is 353 g/mol. The summed E-state index contributed by atoms with van der Waals surface area (Å²) in [5, 5.41) is 2.86. The van der Waals surface area contributed by atoms with Crippen molar-refractivity contribution >= 4 is 21.6 Å². The number of carbonyl (C=O) groups excluding carboxylic acids is 1. The molecule has 0 spiro atoms. The summed E-state index contributed by atoms with van der Waals surface area (Å²) in [5.41, 5.74) is 1.45. The molecular weight excluding hydrogens is 324 g/mol. The number of nitrogens with zero attached hydrogens (tertiary/aromatic N) is 1. The molecule has 1 saturated heterocycles. The Labute approximate surface area is 145 Å². The average Bonchev–Trinajstić information content (AvgIpc) is 2.55. The topological polar surface area (TPSA) is 66.5 Å². The molecule has 1 fully saturated rings. The third-order valence-electron chi connectivity index (χ3n) is 4.38. The van der Waals surface area contributed by atoms with Gasteiger partial charge in [0, 0.05) is 25.2 Å². The molecule has 24 heavy (non-hydrogen) atoms. The molecule has 0 aromatic heterocycles. The van der Waals surface area contributed by atoms with Gasteiger partial charge in [-0.15, -0.1) is 0 Å². The van der Waals surface area contributed by atoms with Crippen molar-refractivity contribution in [2.45, 2.75) is 57.8 Å². The SMILES string of the molecule is Cc1ccc(S(=O)(=O)N2CCCCC2)cc1NC(=O)CCC(C)C. The molecule has 0 atom stereocenters. The molecule has 0 unspecified atom stereocenters. The third-order valence-corrected chi connectivity index (χ3v) is 6.28. The Morgan fingerprint density at radius 1 is 1.21 bits per heavy atom. The van der Waals surface area contributed by atoms with E-state index in [1.165, 1.54) is 0 Å². The monoisotopic (exact) mass is 352 g/mol. The molecule has 2 rings (SSSR count). The van der Waals surface area contributed by atoms with Crippen LogP contribution in [0.25, 0.3) is 0 Å². The van der Waals surface area contributed by atoms with Gasteiger partial charge in [-0.1, -0.05) is 26.3 Å². The Kier molecular flexibility index (Phi) is 6.40. The predicted octanol–water partition coefficient (Wildman–Crippen LogP) is 3.54. The first-order chi connectivity index (χ1) is 11.3. The zero-order valence-corrected chi connectivity index (χ0v) is 15.7. The highest BCUT2D eigenvalue weighted by molar-refractivity contribution is 7.89. The van der Waals surface area contributed by atoms with Gasteiger partial charge in [0.1, 0.15) is 0 Å². The van der Waals surface area contributed by atoms with Gasteiger partial charge in [0.05, 0.1) is 4.90 Å². The molecule has 6 heteroatoms. The van der Waals surface area contributed by atoms with Crippen molar-refractivity contribution in [1.82, 2.24) is 4.31 Å². The molecule has 5 nitrogen and oxygen atoms in total. The normalized spacial score (nSPS) is 16.3. The number of piperidine rings is 1. The van der Waals surface area contributed by atoms with Crippen LogP contribution in [0.5, 0.6) is 0 Å². The van der Waals surface area contributed by atoms with Crippen LogP contribution >= 0.6 is 0 Å². The summed E-state index contributed by atoms with van der Waals surface area (Å²) in [7, 11) is -3.48. The molecule has 0 radical (unpaired) electrons. The lowest BCUT2D eigenvalue weighted by molar-refractivity contribution is -0.116. The number of rotatable bonds is 6. The lowest BCUT2D eigenvalue weighted by Crippen LogP contribution is -2.35. The van der Waals surface area contributed by atoms with Crippen molar-refractivity contribution in [2.24, 2.45) is 5.92 Å². The van der Waals surface area contributed by atoms with E-state index in [9.17, 15) is 13.2 Å². The van der Waals surface area contributed by atoms with Crippen molar-refractivity contribution in [1.29, 1.82) is 0 Å². The first-order valence-electron chi connectivity index (χ1n) is 8.71. The van der Waals surface area contributed by atoms with Crippen LogP contribution in [-0.4, -0.2) is 31.7 Å². The minimum atomic E-state index is -3.48. The predicted molar refractivity (Wildman–Crippen MR) is 96.5 cm³/mol. The van der Waals surface area contributed by atoms with Crippen LogP contribution in [0.15, 0.2) is 23.1 Å². The van der Waals surface area contributed by atoms with E-state index in [1.807, 2.05) is 6.92 Å². The number of aryl methyl sites for hydroxylation is 1. The van der Waals surface area contributed by atoms with Gasteiger partial charge in [-0.2, -0.15) is 4.31 Å². The molecule has 1 aliphatic heterocycles. The van der Waals surface area contributed by atoms with E-state index in [-0.39, 0.29) is 10.8 Å². The summed E-state index contributed by atoms with van der Waals surface area (Å²) < 4.78 is 27.1. The number of hydrogen-bond acceptors (Lipinski definition) is 3. The van der Waals surface area contributed by atoms with E-state index in [0.717, 1.165) is 31.2 Å². The number of amides is 1. The van der Waals surface area contributed by atoms with Crippen LogP contribution < -0.4 is 5.32 Å². The van der Waals surface area contributed by atoms with Crippen LogP contribution in [0.3, 0.4) is 0 Å². The summed E-state index contributed by atoms with van der Waals surface area (Å²) in [6.07, 6.45) is 4.15. The van der Waals surface area contributed by atoms with Gasteiger partial charge in [-0.05, 0) is 49.8 Å². The first-order valence-corrected chi connectivity index (χ1v) is 10.2. The standard InChI is InChI=1S/C18H28N2O3S/c1-14(2)7-10-18(21)19-17-13-16(9-8-15(17)3)24(22,23)20-11-5-4-6-12-20/h8-9,13-14H,4-7,10-12H2,1-3H3,(H,19,21). The smallest absolute Gasteiger partial charge is 0.243 e. The molecule has 1 heterocycles. The van der Waals surface area contributed by atoms with E-state index in [0.29, 0.717) is 31.1 Å². The van der Waals surface area contributed by atoms with Crippen molar-refractivity contribution in [3.05, 3.63) is 23.8 Å². The second-order valence-electron chi connectivity index (χ2n) is 6.92. The van der Waals surface area contributed by atoms with Gasteiger partial charge in [0.2, 0.25) is 15.9 Å². The Balaban J connectivity index is 2.17. The van der Waals surface area contributed by atoms with E-state index in [4.69, 9.17) is 0 Å². The van der Waals surface area contributed by atoms with E-state index in [2.05, 4.69) is 19.2 Å². The van der Waals surface area contributed by atoms with Crippen LogP contribution in [0, 0.1) is 12.8 Å². The fourth-order valence-corrected chi connectivity index (χ4v) is 4.33. The highest BCUT2D eigenvalue weighted by Gasteiger charge is 2.26. The number of carbonyl (C=O) groups is 1. The number of sulfonamides is 1. The maximum atomic E-state index is 12.8. The molecule has 1 aromatic carbocycles. The summed E-state index contributed by atoms with van der Waals surface area (Å²) in [6, 6.07) is 4.98. The molecule has 134 valence electrons. The largest absolute Gasteiger partial charge is 0.326 e. The van der Waals surface area contributed by atoms with Crippen LogP contribution in [0.4, 0.5) is 5.69 Å². The highest BCUT2D eigenvalue weighted by Crippen LogP contribution is 2.25. The molecule has 0 bridgehead atoms. The van der Waals surface area contributed by atoms with Gasteiger partial charge in [0.15, 0.2) is 0 Å². The van der Waals surface area contributed by atoms with Crippen LogP contribution in [0.2, 0.25) is 0 Å². The lowest BCUT2D eigenvalue weighted by atomic mass is 10.1. The molecule has 0 aliphatic carbocycles. The van der Waals surface area contributed by atoms with E-state index < -0.39 is 10.0 Å². The van der Waals surface area contributed by atoms with Crippen molar-refractivity contribution in [3.8, 4) is 0 Å². The second-order valence-corrected chi connectivity index (χ2v) is 8.86.